The molecule has 0 amide bonds. The standard InChI is InChI=1S/C16H24BrNO2/c1-2-20-15-6-9-18(10-7-15)11-8-16(19)13-4-3-5-14(17)12-13/h3-5,12,15-16,19H,2,6-11H2,1H3. The average Bonchev–Trinajstić information content (AvgIpc) is 2.46. The number of aliphatic hydroxyl groups is 1. The van der Waals surface area contributed by atoms with E-state index in [0.29, 0.717) is 6.10 Å². The van der Waals surface area contributed by atoms with Crippen LogP contribution in [0.4, 0.5) is 0 Å². The fourth-order valence-corrected chi connectivity index (χ4v) is 3.14. The zero-order chi connectivity index (χ0) is 14.4. The lowest BCUT2D eigenvalue weighted by molar-refractivity contribution is 0.0112. The van der Waals surface area contributed by atoms with E-state index < -0.39 is 0 Å². The summed E-state index contributed by atoms with van der Waals surface area (Å²) in [4.78, 5) is 2.43. The molecule has 1 N–H and O–H groups in total. The molecule has 1 aliphatic rings. The van der Waals surface area contributed by atoms with Crippen LogP contribution in [0.15, 0.2) is 28.7 Å². The Kier molecular flexibility index (Phi) is 6.49. The molecule has 0 bridgehead atoms. The van der Waals surface area contributed by atoms with Gasteiger partial charge in [0.2, 0.25) is 0 Å². The maximum absolute atomic E-state index is 10.2. The Morgan fingerprint density at radius 1 is 1.40 bits per heavy atom. The number of ether oxygens (including phenoxy) is 1. The van der Waals surface area contributed by atoms with E-state index in [4.69, 9.17) is 4.74 Å². The predicted molar refractivity (Wildman–Crippen MR) is 84.8 cm³/mol. The van der Waals surface area contributed by atoms with Crippen molar-refractivity contribution < 1.29 is 9.84 Å². The van der Waals surface area contributed by atoms with Crippen LogP contribution in [0.3, 0.4) is 0 Å². The first-order chi connectivity index (χ1) is 9.69. The molecule has 4 heteroatoms. The van der Waals surface area contributed by atoms with E-state index >= 15 is 0 Å². The molecule has 1 saturated heterocycles. The lowest BCUT2D eigenvalue weighted by atomic mass is 10.0. The molecule has 1 aliphatic heterocycles. The van der Waals surface area contributed by atoms with Gasteiger partial charge in [0.25, 0.3) is 0 Å². The van der Waals surface area contributed by atoms with Crippen LogP contribution in [0.2, 0.25) is 0 Å². The quantitative estimate of drug-likeness (QED) is 0.860. The van der Waals surface area contributed by atoms with Gasteiger partial charge in [0.15, 0.2) is 0 Å². The summed E-state index contributed by atoms with van der Waals surface area (Å²) < 4.78 is 6.68. The van der Waals surface area contributed by atoms with Crippen molar-refractivity contribution in [3.63, 3.8) is 0 Å². The second-order valence-electron chi connectivity index (χ2n) is 5.36. The Bertz CT molecular complexity index is 405. The molecule has 1 aromatic rings. The molecule has 0 spiro atoms. The van der Waals surface area contributed by atoms with E-state index in [-0.39, 0.29) is 6.10 Å². The molecule has 0 aliphatic carbocycles. The van der Waals surface area contributed by atoms with Gasteiger partial charge in [-0.2, -0.15) is 0 Å². The van der Waals surface area contributed by atoms with E-state index in [2.05, 4.69) is 27.8 Å². The number of benzene rings is 1. The molecule has 1 heterocycles. The summed E-state index contributed by atoms with van der Waals surface area (Å²) in [5, 5.41) is 10.2. The third-order valence-corrected chi connectivity index (χ3v) is 4.38. The topological polar surface area (TPSA) is 32.7 Å². The van der Waals surface area contributed by atoms with Crippen molar-refractivity contribution in [3.05, 3.63) is 34.3 Å². The van der Waals surface area contributed by atoms with Gasteiger partial charge in [-0.3, -0.25) is 0 Å². The van der Waals surface area contributed by atoms with Crippen molar-refractivity contribution in [2.75, 3.05) is 26.2 Å². The van der Waals surface area contributed by atoms with Gasteiger partial charge in [0, 0.05) is 30.7 Å². The van der Waals surface area contributed by atoms with Crippen LogP contribution in [0, 0.1) is 0 Å². The second kappa shape index (κ2) is 8.13. The van der Waals surface area contributed by atoms with Gasteiger partial charge >= 0.3 is 0 Å². The fourth-order valence-electron chi connectivity index (χ4n) is 2.72. The SMILES string of the molecule is CCOC1CCN(CCC(O)c2cccc(Br)c2)CC1. The largest absolute Gasteiger partial charge is 0.388 e. The molecule has 2 rings (SSSR count). The van der Waals surface area contributed by atoms with E-state index in [1.165, 1.54) is 0 Å². The number of hydrogen-bond donors (Lipinski definition) is 1. The first-order valence-corrected chi connectivity index (χ1v) is 8.26. The van der Waals surface area contributed by atoms with Crippen molar-refractivity contribution in [1.29, 1.82) is 0 Å². The maximum Gasteiger partial charge on any atom is 0.0802 e. The summed E-state index contributed by atoms with van der Waals surface area (Å²) in [6, 6.07) is 7.92. The molecule has 1 unspecified atom stereocenters. The highest BCUT2D eigenvalue weighted by molar-refractivity contribution is 9.10. The van der Waals surface area contributed by atoms with Gasteiger partial charge < -0.3 is 14.7 Å². The first kappa shape index (κ1) is 16.0. The van der Waals surface area contributed by atoms with Crippen LogP contribution in [0.1, 0.15) is 37.9 Å². The molecule has 1 aromatic carbocycles. The van der Waals surface area contributed by atoms with Crippen molar-refractivity contribution in [2.45, 2.75) is 38.4 Å². The van der Waals surface area contributed by atoms with Crippen molar-refractivity contribution in [1.82, 2.24) is 4.90 Å². The Balaban J connectivity index is 1.73. The summed E-state index contributed by atoms with van der Waals surface area (Å²) in [5.74, 6) is 0. The fraction of sp³-hybridized carbons (Fsp3) is 0.625. The number of likely N-dealkylation sites (tertiary alicyclic amines) is 1. The minimum Gasteiger partial charge on any atom is -0.388 e. The van der Waals surface area contributed by atoms with Crippen LogP contribution in [-0.4, -0.2) is 42.4 Å². The highest BCUT2D eigenvalue weighted by Crippen LogP contribution is 2.22. The van der Waals surface area contributed by atoms with Gasteiger partial charge in [0.05, 0.1) is 12.2 Å². The first-order valence-electron chi connectivity index (χ1n) is 7.46. The van der Waals surface area contributed by atoms with Crippen LogP contribution < -0.4 is 0 Å². The molecule has 20 heavy (non-hydrogen) atoms. The Morgan fingerprint density at radius 3 is 2.80 bits per heavy atom. The maximum atomic E-state index is 10.2. The summed E-state index contributed by atoms with van der Waals surface area (Å²) in [6.07, 6.45) is 3.07. The van der Waals surface area contributed by atoms with Crippen molar-refractivity contribution in [3.8, 4) is 0 Å². The highest BCUT2D eigenvalue weighted by Gasteiger charge is 2.19. The van der Waals surface area contributed by atoms with Crippen molar-refractivity contribution in [2.24, 2.45) is 0 Å². The molecule has 1 fully saturated rings. The Hall–Kier alpha value is -0.420. The molecule has 112 valence electrons. The number of hydrogen-bond acceptors (Lipinski definition) is 3. The molecule has 0 radical (unpaired) electrons. The third-order valence-electron chi connectivity index (χ3n) is 3.89. The van der Waals surface area contributed by atoms with Gasteiger partial charge in [-0.05, 0) is 43.9 Å². The van der Waals surface area contributed by atoms with E-state index in [1.54, 1.807) is 0 Å². The third kappa shape index (κ3) is 4.85. The van der Waals surface area contributed by atoms with E-state index in [0.717, 1.165) is 55.5 Å². The zero-order valence-corrected chi connectivity index (χ0v) is 13.7. The molecule has 1 atom stereocenters. The van der Waals surface area contributed by atoms with E-state index in [9.17, 15) is 5.11 Å². The normalized spacial score (nSPS) is 19.1. The van der Waals surface area contributed by atoms with Gasteiger partial charge in [-0.1, -0.05) is 28.1 Å². The molecule has 0 saturated carbocycles. The van der Waals surface area contributed by atoms with E-state index in [1.807, 2.05) is 24.3 Å². The average molecular weight is 342 g/mol. The summed E-state index contributed by atoms with van der Waals surface area (Å²) >= 11 is 3.44. The Morgan fingerprint density at radius 2 is 2.15 bits per heavy atom. The summed E-state index contributed by atoms with van der Waals surface area (Å²) in [5.41, 5.74) is 0.989. The summed E-state index contributed by atoms with van der Waals surface area (Å²) in [6.45, 7) is 5.98. The lowest BCUT2D eigenvalue weighted by Gasteiger charge is -2.32. The van der Waals surface area contributed by atoms with Crippen LogP contribution in [0.5, 0.6) is 0 Å². The molecule has 0 aromatic heterocycles. The highest BCUT2D eigenvalue weighted by atomic mass is 79.9. The summed E-state index contributed by atoms with van der Waals surface area (Å²) in [7, 11) is 0. The van der Waals surface area contributed by atoms with Gasteiger partial charge in [0.1, 0.15) is 0 Å². The number of piperidine rings is 1. The minimum absolute atomic E-state index is 0.378. The van der Waals surface area contributed by atoms with Gasteiger partial charge in [-0.25, -0.2) is 0 Å². The minimum atomic E-state index is -0.378. The monoisotopic (exact) mass is 341 g/mol. The van der Waals surface area contributed by atoms with Crippen molar-refractivity contribution >= 4 is 15.9 Å². The number of nitrogens with zero attached hydrogens (tertiary/aromatic N) is 1. The van der Waals surface area contributed by atoms with Crippen LogP contribution in [0.25, 0.3) is 0 Å². The molecule has 3 nitrogen and oxygen atoms in total. The van der Waals surface area contributed by atoms with Crippen LogP contribution in [-0.2, 0) is 4.74 Å². The number of rotatable bonds is 6. The number of aliphatic hydroxyl groups excluding tert-OH is 1. The zero-order valence-electron chi connectivity index (χ0n) is 12.1. The molecular weight excluding hydrogens is 318 g/mol. The molecular formula is C16H24BrNO2. The number of halogens is 1. The second-order valence-corrected chi connectivity index (χ2v) is 6.27. The van der Waals surface area contributed by atoms with Gasteiger partial charge in [-0.15, -0.1) is 0 Å². The Labute approximate surface area is 130 Å². The predicted octanol–water partition coefficient (Wildman–Crippen LogP) is 3.37. The van der Waals surface area contributed by atoms with Crippen LogP contribution >= 0.6 is 15.9 Å². The lowest BCUT2D eigenvalue weighted by Crippen LogP contribution is -2.37. The smallest absolute Gasteiger partial charge is 0.0802 e.